The molecule has 2 rings (SSSR count). The lowest BCUT2D eigenvalue weighted by Crippen LogP contribution is -2.01. The fourth-order valence-corrected chi connectivity index (χ4v) is 1.85. The van der Waals surface area contributed by atoms with Gasteiger partial charge in [-0.25, -0.2) is 0 Å². The molecule has 18 heavy (non-hydrogen) atoms. The predicted molar refractivity (Wildman–Crippen MR) is 78.0 cm³/mol. The first-order valence-electron chi connectivity index (χ1n) is 5.74. The third-order valence-corrected chi connectivity index (χ3v) is 3.10. The van der Waals surface area contributed by atoms with Crippen LogP contribution in [0.3, 0.4) is 0 Å². The fraction of sp³-hybridized carbons (Fsp3) is 0.133. The lowest BCUT2D eigenvalue weighted by atomic mass is 10.1. The highest BCUT2D eigenvalue weighted by molar-refractivity contribution is 9.10. The lowest BCUT2D eigenvalue weighted by molar-refractivity contribution is 0.187. The molecule has 2 nitrogen and oxygen atoms in total. The molecule has 0 unspecified atom stereocenters. The van der Waals surface area contributed by atoms with E-state index < -0.39 is 6.10 Å². The monoisotopic (exact) mass is 303 g/mol. The molecule has 0 radical (unpaired) electrons. The zero-order chi connectivity index (χ0) is 12.8. The smallest absolute Gasteiger partial charge is 0.0985 e. The molecule has 0 bridgehead atoms. The number of halogens is 1. The van der Waals surface area contributed by atoms with Gasteiger partial charge in [0.05, 0.1) is 12.6 Å². The molecule has 2 aromatic carbocycles. The van der Waals surface area contributed by atoms with Crippen LogP contribution in [0.4, 0.5) is 0 Å². The summed E-state index contributed by atoms with van der Waals surface area (Å²) in [7, 11) is 0. The van der Waals surface area contributed by atoms with Crippen LogP contribution in [0.15, 0.2) is 64.1 Å². The van der Waals surface area contributed by atoms with Gasteiger partial charge in [-0.2, -0.15) is 0 Å². The minimum absolute atomic E-state index is 0.375. The average molecular weight is 304 g/mol. The predicted octanol–water partition coefficient (Wildman–Crippen LogP) is 3.60. The van der Waals surface area contributed by atoms with E-state index in [0.717, 1.165) is 15.6 Å². The summed E-state index contributed by atoms with van der Waals surface area (Å²) in [6.45, 7) is 0.375. The maximum atomic E-state index is 9.92. The molecule has 0 saturated carbocycles. The molecule has 3 heteroatoms. The van der Waals surface area contributed by atoms with Crippen molar-refractivity contribution in [1.29, 1.82) is 0 Å². The molecule has 92 valence electrons. The number of hydrogen-bond acceptors (Lipinski definition) is 2. The van der Waals surface area contributed by atoms with Crippen molar-refractivity contribution < 1.29 is 5.11 Å². The van der Waals surface area contributed by atoms with Crippen molar-refractivity contribution in [3.8, 4) is 0 Å². The summed E-state index contributed by atoms with van der Waals surface area (Å²) in [6.07, 6.45) is 1.23. The van der Waals surface area contributed by atoms with Crippen LogP contribution in [0.5, 0.6) is 0 Å². The summed E-state index contributed by atoms with van der Waals surface area (Å²) in [6, 6.07) is 17.4. The van der Waals surface area contributed by atoms with E-state index >= 15 is 0 Å². The van der Waals surface area contributed by atoms with Crippen molar-refractivity contribution in [3.63, 3.8) is 0 Å². The third-order valence-electron chi connectivity index (χ3n) is 2.57. The van der Waals surface area contributed by atoms with E-state index in [4.69, 9.17) is 0 Å². The van der Waals surface area contributed by atoms with Crippen LogP contribution in [-0.4, -0.2) is 17.9 Å². The van der Waals surface area contributed by atoms with Gasteiger partial charge in [-0.05, 0) is 23.3 Å². The number of nitrogens with zero attached hydrogens (tertiary/aromatic N) is 1. The van der Waals surface area contributed by atoms with E-state index in [0.29, 0.717) is 6.54 Å². The van der Waals surface area contributed by atoms with E-state index in [9.17, 15) is 5.11 Å². The van der Waals surface area contributed by atoms with E-state index in [1.54, 1.807) is 6.21 Å². The van der Waals surface area contributed by atoms with Crippen LogP contribution in [-0.2, 0) is 0 Å². The Labute approximate surface area is 115 Å². The van der Waals surface area contributed by atoms with Crippen LogP contribution in [0.25, 0.3) is 0 Å². The van der Waals surface area contributed by atoms with Gasteiger partial charge >= 0.3 is 0 Å². The molecular formula is C15H14BrNO. The highest BCUT2D eigenvalue weighted by Gasteiger charge is 2.04. The first-order valence-corrected chi connectivity index (χ1v) is 6.53. The molecule has 0 aromatic heterocycles. The average Bonchev–Trinajstić information content (AvgIpc) is 2.42. The van der Waals surface area contributed by atoms with Gasteiger partial charge in [0, 0.05) is 10.7 Å². The molecular weight excluding hydrogens is 290 g/mol. The van der Waals surface area contributed by atoms with Crippen molar-refractivity contribution in [3.05, 3.63) is 70.2 Å². The van der Waals surface area contributed by atoms with Gasteiger partial charge in [-0.1, -0.05) is 58.4 Å². The summed E-state index contributed by atoms with van der Waals surface area (Å²) in [5.41, 5.74) is 1.92. The standard InChI is InChI=1S/C15H14BrNO/c16-14-8-6-12(7-9-14)10-17-11-15(18)13-4-2-1-3-5-13/h1-10,15,18H,11H2/t15-/m0/s1. The number of hydrogen-bond donors (Lipinski definition) is 1. The van der Waals surface area contributed by atoms with Gasteiger partial charge in [0.25, 0.3) is 0 Å². The van der Waals surface area contributed by atoms with Crippen molar-refractivity contribution in [2.24, 2.45) is 4.99 Å². The maximum absolute atomic E-state index is 9.92. The molecule has 1 N–H and O–H groups in total. The zero-order valence-corrected chi connectivity index (χ0v) is 11.4. The number of rotatable bonds is 4. The topological polar surface area (TPSA) is 32.6 Å². The van der Waals surface area contributed by atoms with E-state index in [2.05, 4.69) is 20.9 Å². The Hall–Kier alpha value is -1.45. The Morgan fingerprint density at radius 2 is 1.72 bits per heavy atom. The molecule has 0 aliphatic heterocycles. The van der Waals surface area contributed by atoms with Crippen LogP contribution in [0.2, 0.25) is 0 Å². The second-order valence-electron chi connectivity index (χ2n) is 3.97. The van der Waals surface area contributed by atoms with Gasteiger partial charge in [-0.3, -0.25) is 4.99 Å². The first kappa shape index (κ1) is 13.0. The van der Waals surface area contributed by atoms with Crippen LogP contribution < -0.4 is 0 Å². The molecule has 0 aliphatic rings. The highest BCUT2D eigenvalue weighted by Crippen LogP contribution is 2.12. The first-order chi connectivity index (χ1) is 8.75. The van der Waals surface area contributed by atoms with Crippen molar-refractivity contribution >= 4 is 22.1 Å². The second kappa shape index (κ2) is 6.47. The van der Waals surface area contributed by atoms with Crippen molar-refractivity contribution in [2.75, 3.05) is 6.54 Å². The Morgan fingerprint density at radius 3 is 2.39 bits per heavy atom. The summed E-state index contributed by atoms with van der Waals surface area (Å²) < 4.78 is 1.05. The Kier molecular flexibility index (Phi) is 4.67. The maximum Gasteiger partial charge on any atom is 0.0985 e. The van der Waals surface area contributed by atoms with E-state index in [1.807, 2.05) is 54.6 Å². The van der Waals surface area contributed by atoms with Crippen molar-refractivity contribution in [1.82, 2.24) is 0 Å². The number of aliphatic imine (C=N–C) groups is 1. The normalized spacial score (nSPS) is 12.8. The van der Waals surface area contributed by atoms with Crippen molar-refractivity contribution in [2.45, 2.75) is 6.10 Å². The van der Waals surface area contributed by atoms with Gasteiger partial charge in [0.2, 0.25) is 0 Å². The highest BCUT2D eigenvalue weighted by atomic mass is 79.9. The summed E-state index contributed by atoms with van der Waals surface area (Å²) >= 11 is 3.38. The molecule has 0 spiro atoms. The summed E-state index contributed by atoms with van der Waals surface area (Å²) in [5.74, 6) is 0. The summed E-state index contributed by atoms with van der Waals surface area (Å²) in [5, 5.41) is 9.92. The number of benzene rings is 2. The molecule has 0 heterocycles. The molecule has 0 fully saturated rings. The fourth-order valence-electron chi connectivity index (χ4n) is 1.59. The zero-order valence-electron chi connectivity index (χ0n) is 9.83. The Morgan fingerprint density at radius 1 is 1.06 bits per heavy atom. The minimum atomic E-state index is -0.544. The van der Waals surface area contributed by atoms with Crippen LogP contribution in [0.1, 0.15) is 17.2 Å². The third kappa shape index (κ3) is 3.79. The van der Waals surface area contributed by atoms with E-state index in [1.165, 1.54) is 0 Å². The molecule has 0 amide bonds. The largest absolute Gasteiger partial charge is 0.386 e. The lowest BCUT2D eigenvalue weighted by Gasteiger charge is -2.07. The molecule has 0 saturated heterocycles. The van der Waals surface area contributed by atoms with Gasteiger partial charge in [-0.15, -0.1) is 0 Å². The van der Waals surface area contributed by atoms with Crippen LogP contribution >= 0.6 is 15.9 Å². The Bertz CT molecular complexity index is 508. The minimum Gasteiger partial charge on any atom is -0.386 e. The molecule has 0 aliphatic carbocycles. The quantitative estimate of drug-likeness (QED) is 0.860. The van der Waals surface area contributed by atoms with Gasteiger partial charge < -0.3 is 5.11 Å². The second-order valence-corrected chi connectivity index (χ2v) is 4.89. The number of aliphatic hydroxyl groups excluding tert-OH is 1. The molecule has 2 aromatic rings. The van der Waals surface area contributed by atoms with Gasteiger partial charge in [0.15, 0.2) is 0 Å². The number of aliphatic hydroxyl groups is 1. The van der Waals surface area contributed by atoms with E-state index in [-0.39, 0.29) is 0 Å². The molecule has 1 atom stereocenters. The van der Waals surface area contributed by atoms with Crippen LogP contribution in [0, 0.1) is 0 Å². The SMILES string of the molecule is O[C@@H](CN=Cc1ccc(Br)cc1)c1ccccc1. The summed E-state index contributed by atoms with van der Waals surface area (Å²) in [4.78, 5) is 4.26. The van der Waals surface area contributed by atoms with Gasteiger partial charge in [0.1, 0.15) is 0 Å². The Balaban J connectivity index is 1.93.